The highest BCUT2D eigenvalue weighted by Crippen LogP contribution is 2.20. The van der Waals surface area contributed by atoms with Gasteiger partial charge >= 0.3 is 0 Å². The van der Waals surface area contributed by atoms with Crippen LogP contribution in [0.1, 0.15) is 37.0 Å². The van der Waals surface area contributed by atoms with E-state index in [-0.39, 0.29) is 11.9 Å². The van der Waals surface area contributed by atoms with Crippen molar-refractivity contribution in [1.29, 1.82) is 0 Å². The number of carbonyl (C=O) groups is 1. The Balaban J connectivity index is 1.90. The first-order chi connectivity index (χ1) is 12.0. The van der Waals surface area contributed by atoms with Gasteiger partial charge in [0.1, 0.15) is 5.76 Å². The quantitative estimate of drug-likeness (QED) is 0.546. The molecule has 0 saturated carbocycles. The van der Waals surface area contributed by atoms with Gasteiger partial charge < -0.3 is 9.73 Å². The lowest BCUT2D eigenvalue weighted by atomic mass is 10.2. The third-order valence-corrected chi connectivity index (χ3v) is 4.76. The van der Waals surface area contributed by atoms with Crippen molar-refractivity contribution in [1.82, 2.24) is 20.2 Å². The number of nitrogens with one attached hydrogen (secondary N) is 1. The molecule has 1 atom stereocenters. The fourth-order valence-electron chi connectivity index (χ4n) is 2.70. The molecule has 0 aromatic carbocycles. The number of furan rings is 1. The minimum absolute atomic E-state index is 0.0310. The maximum atomic E-state index is 12.2. The Morgan fingerprint density at radius 2 is 1.96 bits per heavy atom. The molecule has 2 rings (SSSR count). The third-order valence-electron chi connectivity index (χ3n) is 3.91. The van der Waals surface area contributed by atoms with E-state index in [0.29, 0.717) is 17.5 Å². The second kappa shape index (κ2) is 9.58. The van der Waals surface area contributed by atoms with Crippen LogP contribution in [0.5, 0.6) is 0 Å². The predicted molar refractivity (Wildman–Crippen MR) is 99.6 cm³/mol. The standard InChI is InChI=1S/C18H26N4O2S/c1-5-22(6-2)15(16-8-7-9-24-16)11-19-17(23)12-25-18-20-13(3)10-14(4)21-18/h7-10,15H,5-6,11-12H2,1-4H3,(H,19,23). The van der Waals surface area contributed by atoms with Gasteiger partial charge in [0, 0.05) is 17.9 Å². The molecule has 1 N–H and O–H groups in total. The summed E-state index contributed by atoms with van der Waals surface area (Å²) in [6.45, 7) is 10.4. The minimum atomic E-state index is -0.0310. The molecule has 2 heterocycles. The van der Waals surface area contributed by atoms with Crippen molar-refractivity contribution >= 4 is 17.7 Å². The van der Waals surface area contributed by atoms with Crippen molar-refractivity contribution in [3.63, 3.8) is 0 Å². The topological polar surface area (TPSA) is 71.3 Å². The maximum Gasteiger partial charge on any atom is 0.230 e. The van der Waals surface area contributed by atoms with E-state index < -0.39 is 0 Å². The largest absolute Gasteiger partial charge is 0.468 e. The number of hydrogen-bond donors (Lipinski definition) is 1. The summed E-state index contributed by atoms with van der Waals surface area (Å²) < 4.78 is 5.55. The fraction of sp³-hybridized carbons (Fsp3) is 0.500. The zero-order chi connectivity index (χ0) is 18.2. The summed E-state index contributed by atoms with van der Waals surface area (Å²) in [5.41, 5.74) is 1.82. The number of carbonyl (C=O) groups excluding carboxylic acids is 1. The van der Waals surface area contributed by atoms with E-state index in [9.17, 15) is 4.79 Å². The van der Waals surface area contributed by atoms with Gasteiger partial charge in [-0.2, -0.15) is 0 Å². The van der Waals surface area contributed by atoms with Crippen molar-refractivity contribution in [3.8, 4) is 0 Å². The van der Waals surface area contributed by atoms with E-state index >= 15 is 0 Å². The first kappa shape index (κ1) is 19.5. The summed E-state index contributed by atoms with van der Waals surface area (Å²) in [4.78, 5) is 23.2. The van der Waals surface area contributed by atoms with Gasteiger partial charge in [-0.05, 0) is 45.1 Å². The second-order valence-corrected chi connectivity index (χ2v) is 6.72. The Morgan fingerprint density at radius 3 is 2.52 bits per heavy atom. The number of thioether (sulfide) groups is 1. The van der Waals surface area contributed by atoms with E-state index in [4.69, 9.17) is 4.42 Å². The molecule has 1 unspecified atom stereocenters. The molecule has 0 saturated heterocycles. The van der Waals surface area contributed by atoms with Crippen LogP contribution in [0.15, 0.2) is 34.0 Å². The van der Waals surface area contributed by atoms with Crippen LogP contribution in [-0.2, 0) is 4.79 Å². The Morgan fingerprint density at radius 1 is 1.28 bits per heavy atom. The molecule has 1 amide bonds. The van der Waals surface area contributed by atoms with Crippen LogP contribution < -0.4 is 5.32 Å². The summed E-state index contributed by atoms with van der Waals surface area (Å²) in [5.74, 6) is 1.14. The number of aromatic nitrogens is 2. The van der Waals surface area contributed by atoms with Gasteiger partial charge in [-0.1, -0.05) is 25.6 Å². The van der Waals surface area contributed by atoms with Gasteiger partial charge in [0.2, 0.25) is 5.91 Å². The van der Waals surface area contributed by atoms with Gasteiger partial charge in [0.15, 0.2) is 5.16 Å². The Hall–Kier alpha value is -1.86. The van der Waals surface area contributed by atoms with E-state index in [1.165, 1.54) is 11.8 Å². The van der Waals surface area contributed by atoms with Crippen molar-refractivity contribution in [2.75, 3.05) is 25.4 Å². The van der Waals surface area contributed by atoms with E-state index in [1.54, 1.807) is 6.26 Å². The third kappa shape index (κ3) is 5.86. The molecule has 0 radical (unpaired) electrons. The maximum absolute atomic E-state index is 12.2. The van der Waals surface area contributed by atoms with Crippen LogP contribution in [0, 0.1) is 13.8 Å². The summed E-state index contributed by atoms with van der Waals surface area (Å²) in [6, 6.07) is 5.78. The lowest BCUT2D eigenvalue weighted by Crippen LogP contribution is -2.38. The predicted octanol–water partition coefficient (Wildman–Crippen LogP) is 2.98. The molecule has 2 aromatic rings. The van der Waals surface area contributed by atoms with Gasteiger partial charge in [-0.3, -0.25) is 9.69 Å². The summed E-state index contributed by atoms with van der Waals surface area (Å²) in [7, 11) is 0. The monoisotopic (exact) mass is 362 g/mol. The van der Waals surface area contributed by atoms with Crippen LogP contribution in [0.2, 0.25) is 0 Å². The fourth-order valence-corrected chi connectivity index (χ4v) is 3.48. The first-order valence-electron chi connectivity index (χ1n) is 8.52. The highest BCUT2D eigenvalue weighted by molar-refractivity contribution is 7.99. The van der Waals surface area contributed by atoms with E-state index in [1.807, 2.05) is 32.0 Å². The van der Waals surface area contributed by atoms with E-state index in [0.717, 1.165) is 30.2 Å². The van der Waals surface area contributed by atoms with Crippen molar-refractivity contribution in [3.05, 3.63) is 41.6 Å². The summed E-state index contributed by atoms with van der Waals surface area (Å²) >= 11 is 1.35. The van der Waals surface area contributed by atoms with Crippen LogP contribution >= 0.6 is 11.8 Å². The van der Waals surface area contributed by atoms with Crippen molar-refractivity contribution in [2.45, 2.75) is 38.9 Å². The second-order valence-electron chi connectivity index (χ2n) is 5.78. The molecule has 0 aliphatic carbocycles. The van der Waals surface area contributed by atoms with Crippen LogP contribution in [0.4, 0.5) is 0 Å². The summed E-state index contributed by atoms with van der Waals surface area (Å²) in [5, 5.41) is 3.64. The normalized spacial score (nSPS) is 12.4. The van der Waals surface area contributed by atoms with Gasteiger partial charge in [-0.15, -0.1) is 0 Å². The van der Waals surface area contributed by atoms with Crippen LogP contribution in [-0.4, -0.2) is 46.2 Å². The van der Waals surface area contributed by atoms with Crippen molar-refractivity contribution < 1.29 is 9.21 Å². The molecule has 0 aliphatic heterocycles. The van der Waals surface area contributed by atoms with Gasteiger partial charge in [0.25, 0.3) is 0 Å². The highest BCUT2D eigenvalue weighted by atomic mass is 32.2. The minimum Gasteiger partial charge on any atom is -0.468 e. The van der Waals surface area contributed by atoms with Gasteiger partial charge in [-0.25, -0.2) is 9.97 Å². The zero-order valence-corrected chi connectivity index (χ0v) is 16.1. The number of nitrogens with zero attached hydrogens (tertiary/aromatic N) is 3. The molecular formula is C18H26N4O2S. The molecule has 2 aromatic heterocycles. The lowest BCUT2D eigenvalue weighted by Gasteiger charge is -2.28. The summed E-state index contributed by atoms with van der Waals surface area (Å²) in [6.07, 6.45) is 1.67. The number of rotatable bonds is 9. The molecule has 0 spiro atoms. The number of likely N-dealkylation sites (N-methyl/N-ethyl adjacent to an activating group) is 1. The molecule has 6 nitrogen and oxygen atoms in total. The number of aryl methyl sites for hydroxylation is 2. The van der Waals surface area contributed by atoms with Crippen LogP contribution in [0.25, 0.3) is 0 Å². The van der Waals surface area contributed by atoms with Crippen LogP contribution in [0.3, 0.4) is 0 Å². The smallest absolute Gasteiger partial charge is 0.230 e. The SMILES string of the molecule is CCN(CC)C(CNC(=O)CSc1nc(C)cc(C)n1)c1ccco1. The number of hydrogen-bond acceptors (Lipinski definition) is 6. The Kier molecular flexibility index (Phi) is 7.46. The van der Waals surface area contributed by atoms with E-state index in [2.05, 4.69) is 34.0 Å². The molecular weight excluding hydrogens is 336 g/mol. The number of amides is 1. The average molecular weight is 362 g/mol. The molecule has 0 aliphatic rings. The first-order valence-corrected chi connectivity index (χ1v) is 9.51. The zero-order valence-electron chi connectivity index (χ0n) is 15.3. The Bertz CT molecular complexity index is 651. The molecule has 136 valence electrons. The molecule has 7 heteroatoms. The Labute approximate surface area is 153 Å². The van der Waals surface area contributed by atoms with Gasteiger partial charge in [0.05, 0.1) is 18.1 Å². The highest BCUT2D eigenvalue weighted by Gasteiger charge is 2.21. The van der Waals surface area contributed by atoms with Crippen molar-refractivity contribution in [2.24, 2.45) is 0 Å². The molecule has 25 heavy (non-hydrogen) atoms. The molecule has 0 fully saturated rings. The molecule has 0 bridgehead atoms. The average Bonchev–Trinajstić information content (AvgIpc) is 3.10. The lowest BCUT2D eigenvalue weighted by molar-refractivity contribution is -0.118.